The number of aromatic nitrogens is 1. The first kappa shape index (κ1) is 18.3. The van der Waals surface area contributed by atoms with Crippen LogP contribution in [0.2, 0.25) is 0 Å². The molecule has 0 unspecified atom stereocenters. The average molecular weight is 355 g/mol. The summed E-state index contributed by atoms with van der Waals surface area (Å²) in [6.07, 6.45) is 2.08. The third-order valence-electron chi connectivity index (χ3n) is 3.98. The summed E-state index contributed by atoms with van der Waals surface area (Å²) in [4.78, 5) is 36.8. The Balaban J connectivity index is 2.31. The van der Waals surface area contributed by atoms with Gasteiger partial charge in [-0.2, -0.15) is 4.31 Å². The van der Waals surface area contributed by atoms with E-state index < -0.39 is 21.5 Å². The van der Waals surface area contributed by atoms with Crippen LogP contribution in [0.5, 0.6) is 0 Å². The standard InChI is InChI=1S/C15H21N3O5S/c1-3-17(4-2)24(22,23)12-7-8-13(19)16(10-12)11-15(21)18-9-5-6-14(18)20/h7-8,10H,3-6,9,11H2,1-2H3. The first-order valence-corrected chi connectivity index (χ1v) is 9.29. The van der Waals surface area contributed by atoms with Crippen LogP contribution in [0.1, 0.15) is 26.7 Å². The van der Waals surface area contributed by atoms with Gasteiger partial charge in [-0.1, -0.05) is 13.8 Å². The Labute approximate surface area is 140 Å². The average Bonchev–Trinajstić information content (AvgIpc) is 2.96. The molecule has 1 aromatic rings. The summed E-state index contributed by atoms with van der Waals surface area (Å²) in [6, 6.07) is 2.35. The minimum Gasteiger partial charge on any atom is -0.305 e. The summed E-state index contributed by atoms with van der Waals surface area (Å²) in [5, 5.41) is 0. The Morgan fingerprint density at radius 3 is 2.42 bits per heavy atom. The number of pyridine rings is 1. The van der Waals surface area contributed by atoms with E-state index in [1.807, 2.05) is 0 Å². The highest BCUT2D eigenvalue weighted by Gasteiger charge is 2.27. The van der Waals surface area contributed by atoms with Gasteiger partial charge in [0.2, 0.25) is 21.8 Å². The monoisotopic (exact) mass is 355 g/mol. The lowest BCUT2D eigenvalue weighted by Crippen LogP contribution is -2.37. The van der Waals surface area contributed by atoms with Crippen LogP contribution < -0.4 is 5.56 Å². The van der Waals surface area contributed by atoms with Crippen molar-refractivity contribution in [2.75, 3.05) is 19.6 Å². The van der Waals surface area contributed by atoms with Gasteiger partial charge in [0.25, 0.3) is 5.56 Å². The number of sulfonamides is 1. The van der Waals surface area contributed by atoms with E-state index in [-0.39, 0.29) is 17.3 Å². The molecule has 0 N–H and O–H groups in total. The topological polar surface area (TPSA) is 96.8 Å². The van der Waals surface area contributed by atoms with Crippen molar-refractivity contribution < 1.29 is 18.0 Å². The summed E-state index contributed by atoms with van der Waals surface area (Å²) >= 11 is 0. The number of imide groups is 1. The van der Waals surface area contributed by atoms with Crippen molar-refractivity contribution in [3.8, 4) is 0 Å². The Kier molecular flexibility index (Phi) is 5.55. The molecule has 132 valence electrons. The van der Waals surface area contributed by atoms with Crippen molar-refractivity contribution in [3.63, 3.8) is 0 Å². The summed E-state index contributed by atoms with van der Waals surface area (Å²) in [6.45, 7) is 4.04. The van der Waals surface area contributed by atoms with Crippen LogP contribution in [0.25, 0.3) is 0 Å². The smallest absolute Gasteiger partial charge is 0.251 e. The van der Waals surface area contributed by atoms with Crippen LogP contribution in [0.4, 0.5) is 0 Å². The maximum atomic E-state index is 12.5. The Morgan fingerprint density at radius 2 is 1.88 bits per heavy atom. The molecule has 2 rings (SSSR count). The maximum absolute atomic E-state index is 12.5. The highest BCUT2D eigenvalue weighted by Crippen LogP contribution is 2.14. The minimum atomic E-state index is -3.72. The van der Waals surface area contributed by atoms with Gasteiger partial charge in [-0.15, -0.1) is 0 Å². The van der Waals surface area contributed by atoms with E-state index in [0.717, 1.165) is 21.7 Å². The fourth-order valence-corrected chi connectivity index (χ4v) is 4.12. The molecule has 1 saturated heterocycles. The lowest BCUT2D eigenvalue weighted by Gasteiger charge is -2.19. The molecule has 1 aromatic heterocycles. The van der Waals surface area contributed by atoms with Crippen molar-refractivity contribution >= 4 is 21.8 Å². The number of hydrogen-bond acceptors (Lipinski definition) is 5. The highest BCUT2D eigenvalue weighted by molar-refractivity contribution is 7.89. The number of carbonyl (C=O) groups is 2. The highest BCUT2D eigenvalue weighted by atomic mass is 32.2. The number of nitrogens with zero attached hydrogens (tertiary/aromatic N) is 3. The van der Waals surface area contributed by atoms with E-state index in [0.29, 0.717) is 32.5 Å². The van der Waals surface area contributed by atoms with Crippen molar-refractivity contribution in [1.29, 1.82) is 0 Å². The van der Waals surface area contributed by atoms with E-state index in [9.17, 15) is 22.8 Å². The van der Waals surface area contributed by atoms with Crippen LogP contribution in [0.3, 0.4) is 0 Å². The van der Waals surface area contributed by atoms with Crippen LogP contribution >= 0.6 is 0 Å². The molecule has 0 radical (unpaired) electrons. The lowest BCUT2D eigenvalue weighted by molar-refractivity contribution is -0.142. The van der Waals surface area contributed by atoms with Crippen molar-refractivity contribution in [2.24, 2.45) is 0 Å². The number of carbonyl (C=O) groups excluding carboxylic acids is 2. The van der Waals surface area contributed by atoms with Gasteiger partial charge in [-0.25, -0.2) is 8.42 Å². The van der Waals surface area contributed by atoms with Crippen molar-refractivity contribution in [2.45, 2.75) is 38.1 Å². The molecule has 24 heavy (non-hydrogen) atoms. The summed E-state index contributed by atoms with van der Waals surface area (Å²) < 4.78 is 27.3. The fourth-order valence-electron chi connectivity index (χ4n) is 2.64. The molecule has 0 spiro atoms. The van der Waals surface area contributed by atoms with E-state index in [2.05, 4.69) is 0 Å². The van der Waals surface area contributed by atoms with Gasteiger partial charge in [0.1, 0.15) is 6.54 Å². The molecule has 2 amide bonds. The van der Waals surface area contributed by atoms with Crippen molar-refractivity contribution in [1.82, 2.24) is 13.8 Å². The van der Waals surface area contributed by atoms with Gasteiger partial charge in [0.15, 0.2) is 0 Å². The van der Waals surface area contributed by atoms with Gasteiger partial charge in [0, 0.05) is 38.3 Å². The number of rotatable bonds is 6. The molecular weight excluding hydrogens is 334 g/mol. The number of amides is 2. The second kappa shape index (κ2) is 7.27. The first-order chi connectivity index (χ1) is 11.3. The summed E-state index contributed by atoms with van der Waals surface area (Å²) in [5.74, 6) is -0.767. The zero-order valence-electron chi connectivity index (χ0n) is 13.8. The summed E-state index contributed by atoms with van der Waals surface area (Å²) in [5.41, 5.74) is -0.492. The molecule has 0 bridgehead atoms. The summed E-state index contributed by atoms with van der Waals surface area (Å²) in [7, 11) is -3.72. The van der Waals surface area contributed by atoms with Crippen molar-refractivity contribution in [3.05, 3.63) is 28.7 Å². The van der Waals surface area contributed by atoms with Crippen LogP contribution in [-0.4, -0.2) is 53.6 Å². The lowest BCUT2D eigenvalue weighted by atomic mass is 10.4. The normalized spacial score (nSPS) is 15.3. The molecule has 0 saturated carbocycles. The van der Waals surface area contributed by atoms with Gasteiger partial charge in [-0.3, -0.25) is 19.3 Å². The Hall–Kier alpha value is -2.00. The van der Waals surface area contributed by atoms with Crippen LogP contribution in [0, 0.1) is 0 Å². The third kappa shape index (κ3) is 3.57. The van der Waals surface area contributed by atoms with Crippen LogP contribution in [-0.2, 0) is 26.2 Å². The molecule has 1 aliphatic rings. The second-order valence-corrected chi connectivity index (χ2v) is 7.40. The van der Waals surface area contributed by atoms with E-state index in [1.165, 1.54) is 10.4 Å². The second-order valence-electron chi connectivity index (χ2n) is 5.46. The van der Waals surface area contributed by atoms with E-state index >= 15 is 0 Å². The zero-order chi connectivity index (χ0) is 17.9. The quantitative estimate of drug-likeness (QED) is 0.717. The Bertz CT molecular complexity index is 796. The molecule has 9 heteroatoms. The molecule has 1 aliphatic heterocycles. The Morgan fingerprint density at radius 1 is 1.21 bits per heavy atom. The molecule has 2 heterocycles. The SMILES string of the molecule is CCN(CC)S(=O)(=O)c1ccc(=O)n(CC(=O)N2CCCC2=O)c1. The molecule has 0 aromatic carbocycles. The van der Waals surface area contributed by atoms with E-state index in [1.54, 1.807) is 13.8 Å². The minimum absolute atomic E-state index is 0.0497. The number of likely N-dealkylation sites (tertiary alicyclic amines) is 1. The molecule has 8 nitrogen and oxygen atoms in total. The predicted molar refractivity (Wildman–Crippen MR) is 86.8 cm³/mol. The molecular formula is C15H21N3O5S. The third-order valence-corrected chi connectivity index (χ3v) is 6.01. The van der Waals surface area contributed by atoms with Gasteiger partial charge in [-0.05, 0) is 12.5 Å². The predicted octanol–water partition coefficient (Wildman–Crippen LogP) is 0.0278. The molecule has 1 fully saturated rings. The number of hydrogen-bond donors (Lipinski definition) is 0. The van der Waals surface area contributed by atoms with E-state index in [4.69, 9.17) is 0 Å². The van der Waals surface area contributed by atoms with Gasteiger partial charge in [0.05, 0.1) is 4.90 Å². The van der Waals surface area contributed by atoms with Gasteiger partial charge < -0.3 is 4.57 Å². The maximum Gasteiger partial charge on any atom is 0.251 e. The van der Waals surface area contributed by atoms with Crippen LogP contribution in [0.15, 0.2) is 28.0 Å². The first-order valence-electron chi connectivity index (χ1n) is 7.85. The molecule has 0 atom stereocenters. The zero-order valence-corrected chi connectivity index (χ0v) is 14.6. The molecule has 0 aliphatic carbocycles. The fraction of sp³-hybridized carbons (Fsp3) is 0.533. The van der Waals surface area contributed by atoms with Gasteiger partial charge >= 0.3 is 0 Å². The largest absolute Gasteiger partial charge is 0.305 e.